The molecule has 7 nitrogen and oxygen atoms in total. The van der Waals surface area contributed by atoms with Crippen molar-refractivity contribution in [3.05, 3.63) is 71.8 Å². The van der Waals surface area contributed by atoms with Crippen LogP contribution in [0.2, 0.25) is 0 Å². The van der Waals surface area contributed by atoms with Gasteiger partial charge in [-0.2, -0.15) is 4.31 Å². The van der Waals surface area contributed by atoms with Gasteiger partial charge in [0.25, 0.3) is 0 Å². The number of carbonyl (C=O) groups excluding carboxylic acids is 1. The van der Waals surface area contributed by atoms with Crippen molar-refractivity contribution in [2.24, 2.45) is 0 Å². The minimum absolute atomic E-state index is 0.139. The van der Waals surface area contributed by atoms with Gasteiger partial charge >= 0.3 is 6.09 Å². The third kappa shape index (κ3) is 3.55. The van der Waals surface area contributed by atoms with E-state index >= 15 is 0 Å². The number of anilines is 1. The molecule has 180 valence electrons. The van der Waals surface area contributed by atoms with Gasteiger partial charge in [0.15, 0.2) is 11.6 Å². The molecule has 0 unspecified atom stereocenters. The first kappa shape index (κ1) is 22.0. The Bertz CT molecular complexity index is 1590. The molecule has 1 amide bonds. The number of carbonyl (C=O) groups is 1. The summed E-state index contributed by atoms with van der Waals surface area (Å²) in [5, 5.41) is 1.56. The second kappa shape index (κ2) is 8.03. The van der Waals surface area contributed by atoms with Crippen LogP contribution in [0.25, 0.3) is 21.9 Å². The molecule has 3 aromatic carbocycles. The molecular weight excluding hydrogens is 478 g/mol. The normalized spacial score (nSPS) is 17.7. The molecule has 1 aromatic heterocycles. The molecule has 0 atom stereocenters. The van der Waals surface area contributed by atoms with Crippen LogP contribution in [0.3, 0.4) is 0 Å². The van der Waals surface area contributed by atoms with Crippen LogP contribution >= 0.6 is 0 Å². The van der Waals surface area contributed by atoms with E-state index in [1.54, 1.807) is 12.1 Å². The zero-order valence-electron chi connectivity index (χ0n) is 18.4. The largest absolute Gasteiger partial charge is 0.456 e. The summed E-state index contributed by atoms with van der Waals surface area (Å²) in [6.45, 7) is 0.195. The van der Waals surface area contributed by atoms with Crippen molar-refractivity contribution in [1.82, 2.24) is 4.31 Å². The summed E-state index contributed by atoms with van der Waals surface area (Å²) in [5.74, 6) is -2.06. The maximum absolute atomic E-state index is 13.9. The van der Waals surface area contributed by atoms with Crippen LogP contribution in [0, 0.1) is 11.6 Å². The Kier molecular flexibility index (Phi) is 5.05. The fourth-order valence-corrected chi connectivity index (χ4v) is 6.42. The van der Waals surface area contributed by atoms with E-state index in [1.165, 1.54) is 15.3 Å². The van der Waals surface area contributed by atoms with Crippen molar-refractivity contribution >= 4 is 43.7 Å². The number of para-hydroxylation sites is 1. The number of rotatable bonds is 3. The van der Waals surface area contributed by atoms with Crippen LogP contribution in [0.1, 0.15) is 18.4 Å². The quantitative estimate of drug-likeness (QED) is 0.389. The fourth-order valence-electron chi connectivity index (χ4n) is 4.93. The Balaban J connectivity index is 1.26. The minimum atomic E-state index is -3.79. The van der Waals surface area contributed by atoms with Crippen molar-refractivity contribution < 1.29 is 31.1 Å². The zero-order valence-corrected chi connectivity index (χ0v) is 19.2. The van der Waals surface area contributed by atoms with E-state index in [0.29, 0.717) is 29.6 Å². The van der Waals surface area contributed by atoms with E-state index in [0.717, 1.165) is 22.9 Å². The molecule has 10 heteroatoms. The lowest BCUT2D eigenvalue weighted by molar-refractivity contribution is 0.135. The van der Waals surface area contributed by atoms with Crippen molar-refractivity contribution in [3.8, 4) is 0 Å². The topological polar surface area (TPSA) is 80.1 Å². The van der Waals surface area contributed by atoms with Crippen LogP contribution in [-0.2, 0) is 21.4 Å². The minimum Gasteiger partial charge on any atom is -0.456 e. The standard InChI is InChI=1S/C25H20F2N2O5S/c26-20-11-15-14-33-25(30)29(22(15)13-21(20)27)16-7-9-28(10-8-16)35(31,32)17-5-6-24-19(12-17)18-3-1-2-4-23(18)34-24/h1-6,11-13,16H,7-10,14H2. The van der Waals surface area contributed by atoms with Crippen molar-refractivity contribution in [3.63, 3.8) is 0 Å². The maximum atomic E-state index is 13.9. The van der Waals surface area contributed by atoms with Gasteiger partial charge in [0, 0.05) is 41.5 Å². The molecule has 0 aliphatic carbocycles. The summed E-state index contributed by atoms with van der Waals surface area (Å²) in [6.07, 6.45) is -0.00470. The zero-order chi connectivity index (χ0) is 24.3. The van der Waals surface area contributed by atoms with E-state index in [1.807, 2.05) is 24.3 Å². The van der Waals surface area contributed by atoms with Gasteiger partial charge in [0.1, 0.15) is 17.8 Å². The van der Waals surface area contributed by atoms with E-state index in [4.69, 9.17) is 9.15 Å². The number of fused-ring (bicyclic) bond motifs is 4. The van der Waals surface area contributed by atoms with Crippen molar-refractivity contribution in [1.29, 1.82) is 0 Å². The number of nitrogens with zero attached hydrogens (tertiary/aromatic N) is 2. The second-order valence-corrected chi connectivity index (χ2v) is 10.6. The highest BCUT2D eigenvalue weighted by Gasteiger charge is 2.37. The lowest BCUT2D eigenvalue weighted by Gasteiger charge is -2.39. The monoisotopic (exact) mass is 498 g/mol. The van der Waals surface area contributed by atoms with Gasteiger partial charge in [-0.15, -0.1) is 0 Å². The van der Waals surface area contributed by atoms with Gasteiger partial charge in [-0.05, 0) is 43.2 Å². The lowest BCUT2D eigenvalue weighted by Crippen LogP contribution is -2.50. The summed E-state index contributed by atoms with van der Waals surface area (Å²) in [5.41, 5.74) is 1.93. The molecule has 0 bridgehead atoms. The van der Waals surface area contributed by atoms with Gasteiger partial charge in [0.05, 0.1) is 10.6 Å². The maximum Gasteiger partial charge on any atom is 0.414 e. The molecule has 0 spiro atoms. The molecule has 0 radical (unpaired) electrons. The molecule has 2 aliphatic rings. The molecular formula is C25H20F2N2O5S. The Hall–Kier alpha value is -3.50. The predicted octanol–water partition coefficient (Wildman–Crippen LogP) is 5.17. The lowest BCUT2D eigenvalue weighted by atomic mass is 10.0. The Morgan fingerprint density at radius 1 is 0.886 bits per heavy atom. The van der Waals surface area contributed by atoms with Crippen LogP contribution in [0.5, 0.6) is 0 Å². The number of cyclic esters (lactones) is 1. The molecule has 35 heavy (non-hydrogen) atoms. The van der Waals surface area contributed by atoms with Crippen molar-refractivity contribution in [2.45, 2.75) is 30.4 Å². The Morgan fingerprint density at radius 2 is 1.60 bits per heavy atom. The van der Waals surface area contributed by atoms with Gasteiger partial charge < -0.3 is 9.15 Å². The fraction of sp³-hybridized carbons (Fsp3) is 0.240. The number of hydrogen-bond acceptors (Lipinski definition) is 5. The highest BCUT2D eigenvalue weighted by molar-refractivity contribution is 7.89. The third-order valence-corrected chi connectivity index (χ3v) is 8.60. The predicted molar refractivity (Wildman–Crippen MR) is 125 cm³/mol. The first-order valence-corrected chi connectivity index (χ1v) is 12.6. The van der Waals surface area contributed by atoms with Gasteiger partial charge in [0.2, 0.25) is 10.0 Å². The second-order valence-electron chi connectivity index (χ2n) is 8.71. The van der Waals surface area contributed by atoms with Gasteiger partial charge in [-0.25, -0.2) is 22.0 Å². The molecule has 0 saturated carbocycles. The first-order chi connectivity index (χ1) is 16.8. The van der Waals surface area contributed by atoms with E-state index in [2.05, 4.69) is 0 Å². The molecule has 1 fully saturated rings. The summed E-state index contributed by atoms with van der Waals surface area (Å²) in [6, 6.07) is 13.9. The number of furan rings is 1. The summed E-state index contributed by atoms with van der Waals surface area (Å²) in [4.78, 5) is 14.0. The average Bonchev–Trinajstić information content (AvgIpc) is 3.23. The number of benzene rings is 3. The number of hydrogen-bond donors (Lipinski definition) is 0. The molecule has 4 aromatic rings. The number of amides is 1. The van der Waals surface area contributed by atoms with Crippen LogP contribution < -0.4 is 4.90 Å². The van der Waals surface area contributed by atoms with Gasteiger partial charge in [-0.1, -0.05) is 18.2 Å². The van der Waals surface area contributed by atoms with Gasteiger partial charge in [-0.3, -0.25) is 4.90 Å². The number of piperidine rings is 1. The highest BCUT2D eigenvalue weighted by atomic mass is 32.2. The Labute approximate surface area is 199 Å². The number of ether oxygens (including phenoxy) is 1. The third-order valence-electron chi connectivity index (χ3n) is 6.70. The molecule has 2 aliphatic heterocycles. The van der Waals surface area contributed by atoms with Crippen LogP contribution in [0.4, 0.5) is 19.3 Å². The highest BCUT2D eigenvalue weighted by Crippen LogP contribution is 2.35. The summed E-state index contributed by atoms with van der Waals surface area (Å²) in [7, 11) is -3.79. The van der Waals surface area contributed by atoms with Crippen LogP contribution in [0.15, 0.2) is 63.9 Å². The van der Waals surface area contributed by atoms with E-state index in [-0.39, 0.29) is 30.3 Å². The Morgan fingerprint density at radius 3 is 2.40 bits per heavy atom. The summed E-state index contributed by atoms with van der Waals surface area (Å²) >= 11 is 0. The molecule has 1 saturated heterocycles. The van der Waals surface area contributed by atoms with Crippen LogP contribution in [-0.4, -0.2) is 37.9 Å². The molecule has 3 heterocycles. The van der Waals surface area contributed by atoms with E-state index in [9.17, 15) is 22.0 Å². The smallest absolute Gasteiger partial charge is 0.414 e. The van der Waals surface area contributed by atoms with E-state index < -0.39 is 33.8 Å². The molecule has 0 N–H and O–H groups in total. The first-order valence-electron chi connectivity index (χ1n) is 11.2. The number of halogens is 2. The SMILES string of the molecule is O=C1OCc2cc(F)c(F)cc2N1C1CCN(S(=O)(=O)c2ccc3oc4ccccc4c3c2)CC1. The molecule has 6 rings (SSSR count). The summed E-state index contributed by atoms with van der Waals surface area (Å²) < 4.78 is 66.7. The average molecular weight is 499 g/mol. The van der Waals surface area contributed by atoms with Crippen molar-refractivity contribution in [2.75, 3.05) is 18.0 Å². The number of sulfonamides is 1.